The fourth-order valence-electron chi connectivity index (χ4n) is 2.93. The summed E-state index contributed by atoms with van der Waals surface area (Å²) in [5.74, 6) is -1.10. The molecule has 2 aliphatic heterocycles. The molecule has 2 saturated heterocycles. The van der Waals surface area contributed by atoms with Crippen molar-refractivity contribution in [2.75, 3.05) is 26.2 Å². The highest BCUT2D eigenvalue weighted by molar-refractivity contribution is 5.85. The Hall–Kier alpha value is -0.490. The lowest BCUT2D eigenvalue weighted by Gasteiger charge is -2.35. The van der Waals surface area contributed by atoms with Crippen LogP contribution < -0.4 is 5.32 Å². The second-order valence-corrected chi connectivity index (χ2v) is 5.62. The average Bonchev–Trinajstić information content (AvgIpc) is 2.39. The lowest BCUT2D eigenvalue weighted by Crippen LogP contribution is -2.45. The monoisotopic (exact) mass is 314 g/mol. The van der Waals surface area contributed by atoms with Crippen LogP contribution in [0, 0.1) is 11.8 Å². The van der Waals surface area contributed by atoms with Gasteiger partial charge in [-0.05, 0) is 44.7 Å². The summed E-state index contributed by atoms with van der Waals surface area (Å²) in [5, 5.41) is 3.22. The molecule has 118 valence electrons. The predicted molar refractivity (Wildman–Crippen MR) is 72.8 cm³/mol. The minimum Gasteiger partial charge on any atom is -0.342 e. The van der Waals surface area contributed by atoms with Crippen molar-refractivity contribution in [2.24, 2.45) is 11.8 Å². The van der Waals surface area contributed by atoms with Gasteiger partial charge in [-0.2, -0.15) is 13.2 Å². The zero-order chi connectivity index (χ0) is 13.9. The number of amides is 1. The van der Waals surface area contributed by atoms with Crippen LogP contribution in [0.4, 0.5) is 13.2 Å². The molecule has 2 fully saturated rings. The van der Waals surface area contributed by atoms with Crippen molar-refractivity contribution in [2.45, 2.75) is 38.3 Å². The number of hydrogen-bond donors (Lipinski definition) is 1. The van der Waals surface area contributed by atoms with Crippen LogP contribution in [-0.4, -0.2) is 43.2 Å². The highest BCUT2D eigenvalue weighted by Gasteiger charge is 2.42. The summed E-state index contributed by atoms with van der Waals surface area (Å²) in [6.07, 6.45) is -1.26. The first-order chi connectivity index (χ1) is 8.97. The van der Waals surface area contributed by atoms with Crippen molar-refractivity contribution >= 4 is 18.3 Å². The van der Waals surface area contributed by atoms with Crippen LogP contribution in [0.5, 0.6) is 0 Å². The molecular formula is C13H22ClF3N2O. The molecule has 1 amide bonds. The normalized spacial score (nSPS) is 25.1. The van der Waals surface area contributed by atoms with Crippen LogP contribution in [0.25, 0.3) is 0 Å². The number of nitrogens with zero attached hydrogens (tertiary/aromatic N) is 1. The third-order valence-corrected chi connectivity index (χ3v) is 4.16. The van der Waals surface area contributed by atoms with Crippen molar-refractivity contribution in [3.63, 3.8) is 0 Å². The largest absolute Gasteiger partial charge is 0.393 e. The molecule has 1 unspecified atom stereocenters. The molecule has 1 atom stereocenters. The van der Waals surface area contributed by atoms with E-state index in [-0.39, 0.29) is 31.3 Å². The summed E-state index contributed by atoms with van der Waals surface area (Å²) in [6, 6.07) is 0. The lowest BCUT2D eigenvalue weighted by atomic mass is 9.92. The van der Waals surface area contributed by atoms with E-state index in [0.717, 1.165) is 25.9 Å². The van der Waals surface area contributed by atoms with Crippen molar-refractivity contribution in [3.05, 3.63) is 0 Å². The number of rotatable bonds is 2. The number of alkyl halides is 3. The average molecular weight is 315 g/mol. The SMILES string of the molecule is Cl.O=C(CC1CCNCC1)N1CCCC(C(F)(F)F)C1. The number of carbonyl (C=O) groups is 1. The first kappa shape index (κ1) is 17.6. The van der Waals surface area contributed by atoms with Crippen molar-refractivity contribution in [1.82, 2.24) is 10.2 Å². The van der Waals surface area contributed by atoms with E-state index < -0.39 is 12.1 Å². The van der Waals surface area contributed by atoms with E-state index in [2.05, 4.69) is 5.32 Å². The van der Waals surface area contributed by atoms with E-state index in [0.29, 0.717) is 25.3 Å². The van der Waals surface area contributed by atoms with Gasteiger partial charge in [-0.1, -0.05) is 0 Å². The zero-order valence-electron chi connectivity index (χ0n) is 11.4. The number of piperidine rings is 2. The fourth-order valence-corrected chi connectivity index (χ4v) is 2.93. The standard InChI is InChI=1S/C13H21F3N2O.ClH/c14-13(15,16)11-2-1-7-18(9-11)12(19)8-10-3-5-17-6-4-10;/h10-11,17H,1-9H2;1H. The molecule has 1 N–H and O–H groups in total. The molecule has 0 aliphatic carbocycles. The van der Waals surface area contributed by atoms with E-state index in [1.807, 2.05) is 0 Å². The molecule has 0 aromatic carbocycles. The molecule has 0 bridgehead atoms. The Labute approximate surface area is 123 Å². The molecule has 0 saturated carbocycles. The highest BCUT2D eigenvalue weighted by Crippen LogP contribution is 2.33. The molecule has 0 aromatic heterocycles. The minimum atomic E-state index is -4.17. The van der Waals surface area contributed by atoms with Gasteiger partial charge in [0.25, 0.3) is 0 Å². The van der Waals surface area contributed by atoms with Gasteiger partial charge in [-0.3, -0.25) is 4.79 Å². The number of halogens is 4. The highest BCUT2D eigenvalue weighted by atomic mass is 35.5. The van der Waals surface area contributed by atoms with Gasteiger partial charge >= 0.3 is 6.18 Å². The minimum absolute atomic E-state index is 0. The predicted octanol–water partition coefficient (Wildman–Crippen LogP) is 2.60. The fraction of sp³-hybridized carbons (Fsp3) is 0.923. The van der Waals surface area contributed by atoms with Crippen LogP contribution in [0.3, 0.4) is 0 Å². The quantitative estimate of drug-likeness (QED) is 0.850. The maximum Gasteiger partial charge on any atom is 0.393 e. The van der Waals surface area contributed by atoms with Gasteiger partial charge in [0.05, 0.1) is 5.92 Å². The van der Waals surface area contributed by atoms with Gasteiger partial charge in [0.15, 0.2) is 0 Å². The molecule has 0 radical (unpaired) electrons. The Bertz CT molecular complexity index is 319. The van der Waals surface area contributed by atoms with E-state index in [1.54, 1.807) is 0 Å². The van der Waals surface area contributed by atoms with Gasteiger partial charge in [0.1, 0.15) is 0 Å². The van der Waals surface area contributed by atoms with Gasteiger partial charge in [0.2, 0.25) is 5.91 Å². The summed E-state index contributed by atoms with van der Waals surface area (Å²) >= 11 is 0. The molecule has 3 nitrogen and oxygen atoms in total. The summed E-state index contributed by atoms with van der Waals surface area (Å²) in [7, 11) is 0. The zero-order valence-corrected chi connectivity index (χ0v) is 12.2. The number of hydrogen-bond acceptors (Lipinski definition) is 2. The van der Waals surface area contributed by atoms with Gasteiger partial charge in [0, 0.05) is 19.5 Å². The molecule has 2 heterocycles. The van der Waals surface area contributed by atoms with E-state index in [4.69, 9.17) is 0 Å². The van der Waals surface area contributed by atoms with E-state index in [1.165, 1.54) is 4.90 Å². The molecular weight excluding hydrogens is 293 g/mol. The first-order valence-corrected chi connectivity index (χ1v) is 7.02. The van der Waals surface area contributed by atoms with Crippen LogP contribution >= 0.6 is 12.4 Å². The van der Waals surface area contributed by atoms with E-state index in [9.17, 15) is 18.0 Å². The molecule has 2 aliphatic rings. The molecule has 0 aromatic rings. The smallest absolute Gasteiger partial charge is 0.342 e. The first-order valence-electron chi connectivity index (χ1n) is 7.02. The maximum absolute atomic E-state index is 12.7. The Kier molecular flexibility index (Phi) is 6.58. The van der Waals surface area contributed by atoms with Crippen molar-refractivity contribution in [1.29, 1.82) is 0 Å². The third kappa shape index (κ3) is 4.81. The molecule has 7 heteroatoms. The Morgan fingerprint density at radius 3 is 2.45 bits per heavy atom. The molecule has 20 heavy (non-hydrogen) atoms. The Morgan fingerprint density at radius 1 is 1.20 bits per heavy atom. The molecule has 2 rings (SSSR count). The van der Waals surface area contributed by atoms with Crippen LogP contribution in [0.15, 0.2) is 0 Å². The maximum atomic E-state index is 12.7. The Balaban J connectivity index is 0.00000200. The molecule has 0 spiro atoms. The lowest BCUT2D eigenvalue weighted by molar-refractivity contribution is -0.188. The van der Waals surface area contributed by atoms with E-state index >= 15 is 0 Å². The summed E-state index contributed by atoms with van der Waals surface area (Å²) in [5.41, 5.74) is 0. The van der Waals surface area contributed by atoms with Gasteiger partial charge < -0.3 is 10.2 Å². The van der Waals surface area contributed by atoms with Crippen molar-refractivity contribution in [3.8, 4) is 0 Å². The van der Waals surface area contributed by atoms with Crippen molar-refractivity contribution < 1.29 is 18.0 Å². The Morgan fingerprint density at radius 2 is 1.85 bits per heavy atom. The van der Waals surface area contributed by atoms with Gasteiger partial charge in [-0.15, -0.1) is 12.4 Å². The second-order valence-electron chi connectivity index (χ2n) is 5.62. The third-order valence-electron chi connectivity index (χ3n) is 4.16. The summed E-state index contributed by atoms with van der Waals surface area (Å²) in [4.78, 5) is 13.5. The van der Waals surface area contributed by atoms with Crippen LogP contribution in [0.2, 0.25) is 0 Å². The number of nitrogens with one attached hydrogen (secondary N) is 1. The summed E-state index contributed by atoms with van der Waals surface area (Å²) in [6.45, 7) is 2.15. The second kappa shape index (κ2) is 7.50. The van der Waals surface area contributed by atoms with Gasteiger partial charge in [-0.25, -0.2) is 0 Å². The number of likely N-dealkylation sites (tertiary alicyclic amines) is 1. The topological polar surface area (TPSA) is 32.3 Å². The summed E-state index contributed by atoms with van der Waals surface area (Å²) < 4.78 is 38.1. The van der Waals surface area contributed by atoms with Crippen LogP contribution in [0.1, 0.15) is 32.1 Å². The van der Waals surface area contributed by atoms with Crippen LogP contribution in [-0.2, 0) is 4.79 Å². The number of carbonyl (C=O) groups excluding carboxylic acids is 1.